The number of imidazole rings is 1. The third-order valence-corrected chi connectivity index (χ3v) is 2.40. The second-order valence-electron chi connectivity index (χ2n) is 3.65. The molecule has 1 amide bonds. The lowest BCUT2D eigenvalue weighted by molar-refractivity contribution is -0.385. The van der Waals surface area contributed by atoms with Crippen molar-refractivity contribution in [2.24, 2.45) is 0 Å². The van der Waals surface area contributed by atoms with Crippen molar-refractivity contribution in [3.63, 3.8) is 0 Å². The van der Waals surface area contributed by atoms with E-state index in [1.165, 1.54) is 24.4 Å². The van der Waals surface area contributed by atoms with Crippen molar-refractivity contribution in [2.75, 3.05) is 5.32 Å². The third-order valence-electron chi connectivity index (χ3n) is 2.40. The van der Waals surface area contributed by atoms with E-state index >= 15 is 0 Å². The van der Waals surface area contributed by atoms with E-state index in [4.69, 9.17) is 0 Å². The minimum atomic E-state index is -0.515. The maximum absolute atomic E-state index is 11.8. The Kier molecular flexibility index (Phi) is 3.05. The summed E-state index contributed by atoms with van der Waals surface area (Å²) >= 11 is 0. The predicted octanol–water partition coefficient (Wildman–Crippen LogP) is 1.88. The molecule has 0 bridgehead atoms. The number of carbonyl (C=O) groups is 1. The summed E-state index contributed by atoms with van der Waals surface area (Å²) in [5, 5.41) is 13.3. The van der Waals surface area contributed by atoms with Crippen LogP contribution >= 0.6 is 0 Å². The van der Waals surface area contributed by atoms with Crippen molar-refractivity contribution in [1.29, 1.82) is 0 Å². The predicted molar refractivity (Wildman–Crippen MR) is 64.4 cm³/mol. The van der Waals surface area contributed by atoms with Gasteiger partial charge in [-0.25, -0.2) is 4.98 Å². The van der Waals surface area contributed by atoms with E-state index in [1.54, 1.807) is 13.1 Å². The lowest BCUT2D eigenvalue weighted by atomic mass is 10.1. The second-order valence-corrected chi connectivity index (χ2v) is 3.65. The number of aromatic nitrogens is 2. The van der Waals surface area contributed by atoms with Crippen LogP contribution in [0.1, 0.15) is 15.9 Å². The fourth-order valence-electron chi connectivity index (χ4n) is 1.46. The van der Waals surface area contributed by atoms with Crippen molar-refractivity contribution in [1.82, 2.24) is 9.97 Å². The van der Waals surface area contributed by atoms with Gasteiger partial charge in [0.2, 0.25) is 5.95 Å². The largest absolute Gasteiger partial charge is 0.331 e. The summed E-state index contributed by atoms with van der Waals surface area (Å²) in [5.41, 5.74) is 0.639. The zero-order valence-electron chi connectivity index (χ0n) is 9.51. The Balaban J connectivity index is 2.26. The second kappa shape index (κ2) is 4.66. The molecule has 18 heavy (non-hydrogen) atoms. The highest BCUT2D eigenvalue weighted by molar-refractivity contribution is 6.03. The summed E-state index contributed by atoms with van der Waals surface area (Å²) in [6.45, 7) is 1.62. The monoisotopic (exact) mass is 246 g/mol. The SMILES string of the molecule is Cc1ccc(C(=O)Nc2ncc[nH]2)cc1[N+](=O)[O-]. The molecule has 0 saturated heterocycles. The zero-order valence-corrected chi connectivity index (χ0v) is 9.51. The Bertz CT molecular complexity index is 592. The average Bonchev–Trinajstić information content (AvgIpc) is 2.81. The van der Waals surface area contributed by atoms with Gasteiger partial charge in [0.15, 0.2) is 0 Å². The first kappa shape index (κ1) is 11.8. The zero-order chi connectivity index (χ0) is 13.1. The molecule has 7 heteroatoms. The van der Waals surface area contributed by atoms with Gasteiger partial charge in [0.05, 0.1) is 4.92 Å². The quantitative estimate of drug-likeness (QED) is 0.637. The van der Waals surface area contributed by atoms with Gasteiger partial charge < -0.3 is 4.98 Å². The summed E-state index contributed by atoms with van der Waals surface area (Å²) in [6, 6.07) is 4.31. The number of rotatable bonds is 3. The molecule has 2 N–H and O–H groups in total. The molecule has 0 aliphatic rings. The van der Waals surface area contributed by atoms with Gasteiger partial charge in [-0.05, 0) is 13.0 Å². The molecule has 0 atom stereocenters. The van der Waals surface area contributed by atoms with E-state index in [9.17, 15) is 14.9 Å². The van der Waals surface area contributed by atoms with Crippen molar-refractivity contribution in [3.05, 3.63) is 51.8 Å². The number of H-pyrrole nitrogens is 1. The highest BCUT2D eigenvalue weighted by Gasteiger charge is 2.15. The summed E-state index contributed by atoms with van der Waals surface area (Å²) in [7, 11) is 0. The Morgan fingerprint density at radius 3 is 2.89 bits per heavy atom. The number of nitrogens with one attached hydrogen (secondary N) is 2. The number of hydrogen-bond donors (Lipinski definition) is 2. The Hall–Kier alpha value is -2.70. The fourth-order valence-corrected chi connectivity index (χ4v) is 1.46. The van der Waals surface area contributed by atoms with Crippen molar-refractivity contribution >= 4 is 17.5 Å². The van der Waals surface area contributed by atoms with Gasteiger partial charge in [-0.3, -0.25) is 20.2 Å². The molecular formula is C11H10N4O3. The number of aryl methyl sites for hydroxylation is 1. The van der Waals surface area contributed by atoms with E-state index in [-0.39, 0.29) is 11.3 Å². The first-order valence-electron chi connectivity index (χ1n) is 5.13. The van der Waals surface area contributed by atoms with E-state index in [0.29, 0.717) is 11.5 Å². The van der Waals surface area contributed by atoms with Gasteiger partial charge in [0.1, 0.15) is 0 Å². The van der Waals surface area contributed by atoms with E-state index in [2.05, 4.69) is 15.3 Å². The van der Waals surface area contributed by atoms with Crippen molar-refractivity contribution in [2.45, 2.75) is 6.92 Å². The Labute approximate surface area is 102 Å². The van der Waals surface area contributed by atoms with Crippen LogP contribution in [-0.4, -0.2) is 20.8 Å². The van der Waals surface area contributed by atoms with E-state index in [0.717, 1.165) is 0 Å². The highest BCUT2D eigenvalue weighted by atomic mass is 16.6. The number of benzene rings is 1. The maximum Gasteiger partial charge on any atom is 0.273 e. The lowest BCUT2D eigenvalue weighted by Crippen LogP contribution is -2.13. The normalized spacial score (nSPS) is 10.1. The van der Waals surface area contributed by atoms with E-state index in [1.807, 2.05) is 0 Å². The van der Waals surface area contributed by atoms with Crippen LogP contribution in [0.5, 0.6) is 0 Å². The molecule has 92 valence electrons. The van der Waals surface area contributed by atoms with Gasteiger partial charge in [0, 0.05) is 29.6 Å². The van der Waals surface area contributed by atoms with Crippen LogP contribution in [0, 0.1) is 17.0 Å². The van der Waals surface area contributed by atoms with Gasteiger partial charge in [-0.1, -0.05) is 6.07 Å². The number of nitro benzene ring substituents is 1. The molecule has 0 radical (unpaired) electrons. The molecule has 0 unspecified atom stereocenters. The fraction of sp³-hybridized carbons (Fsp3) is 0.0909. The summed E-state index contributed by atoms with van der Waals surface area (Å²) in [6.07, 6.45) is 3.06. The van der Waals surface area contributed by atoms with Gasteiger partial charge in [0.25, 0.3) is 11.6 Å². The molecule has 0 spiro atoms. The molecule has 0 fully saturated rings. The average molecular weight is 246 g/mol. The Morgan fingerprint density at radius 1 is 1.50 bits per heavy atom. The van der Waals surface area contributed by atoms with Crippen LogP contribution in [0.2, 0.25) is 0 Å². The minimum absolute atomic E-state index is 0.0814. The maximum atomic E-state index is 11.8. The highest BCUT2D eigenvalue weighted by Crippen LogP contribution is 2.19. The molecular weight excluding hydrogens is 236 g/mol. The van der Waals surface area contributed by atoms with Crippen molar-refractivity contribution in [3.8, 4) is 0 Å². The van der Waals surface area contributed by atoms with Crippen LogP contribution in [0.4, 0.5) is 11.6 Å². The molecule has 1 heterocycles. The third kappa shape index (κ3) is 2.34. The molecule has 7 nitrogen and oxygen atoms in total. The summed E-state index contributed by atoms with van der Waals surface area (Å²) < 4.78 is 0. The van der Waals surface area contributed by atoms with Crippen LogP contribution < -0.4 is 5.32 Å². The van der Waals surface area contributed by atoms with Crippen LogP contribution in [-0.2, 0) is 0 Å². The van der Waals surface area contributed by atoms with Gasteiger partial charge in [-0.2, -0.15) is 0 Å². The first-order valence-corrected chi connectivity index (χ1v) is 5.13. The first-order chi connectivity index (χ1) is 8.58. The molecule has 0 aliphatic heterocycles. The number of aromatic amines is 1. The number of amides is 1. The smallest absolute Gasteiger partial charge is 0.273 e. The number of carbonyl (C=O) groups excluding carboxylic acids is 1. The van der Waals surface area contributed by atoms with E-state index < -0.39 is 10.8 Å². The van der Waals surface area contributed by atoms with Gasteiger partial charge in [-0.15, -0.1) is 0 Å². The summed E-state index contributed by atoms with van der Waals surface area (Å²) in [5.74, 6) is -0.156. The van der Waals surface area contributed by atoms with Crippen molar-refractivity contribution < 1.29 is 9.72 Å². The molecule has 1 aromatic carbocycles. The molecule has 0 aliphatic carbocycles. The molecule has 0 saturated carbocycles. The standard InChI is InChI=1S/C11H10N4O3/c1-7-2-3-8(6-9(7)15(17)18)10(16)14-11-12-4-5-13-11/h2-6H,1H3,(H2,12,13,14,16). The lowest BCUT2D eigenvalue weighted by Gasteiger charge is -2.03. The molecule has 2 rings (SSSR count). The number of nitro groups is 1. The Morgan fingerprint density at radius 2 is 2.28 bits per heavy atom. The van der Waals surface area contributed by atoms with Crippen LogP contribution in [0.15, 0.2) is 30.6 Å². The van der Waals surface area contributed by atoms with Gasteiger partial charge >= 0.3 is 0 Å². The summed E-state index contributed by atoms with van der Waals surface area (Å²) in [4.78, 5) is 28.6. The number of anilines is 1. The molecule has 1 aromatic heterocycles. The molecule has 2 aromatic rings. The number of hydrogen-bond acceptors (Lipinski definition) is 4. The minimum Gasteiger partial charge on any atom is -0.331 e. The van der Waals surface area contributed by atoms with Crippen LogP contribution in [0.3, 0.4) is 0 Å². The number of nitrogens with zero attached hydrogens (tertiary/aromatic N) is 2. The topological polar surface area (TPSA) is 101 Å². The van der Waals surface area contributed by atoms with Crippen LogP contribution in [0.25, 0.3) is 0 Å².